The molecule has 0 radical (unpaired) electrons. The van der Waals surface area contributed by atoms with E-state index in [2.05, 4.69) is 9.72 Å². The molecular formula is C13H15N3O4S. The number of esters is 1. The van der Waals surface area contributed by atoms with Gasteiger partial charge in [-0.25, -0.2) is 4.98 Å². The zero-order chi connectivity index (χ0) is 15.4. The molecular weight excluding hydrogens is 294 g/mol. The van der Waals surface area contributed by atoms with Gasteiger partial charge in [0.25, 0.3) is 0 Å². The summed E-state index contributed by atoms with van der Waals surface area (Å²) in [5, 5.41) is 11.2. The standard InChI is InChI=1S/C13H15N3O4S/c1-9(13(17)20-2)7-21-8-10-12(16(18)19)15-6-4-3-5-11(15)14-10/h3-6,9H,7-8H2,1-2H3. The molecule has 1 atom stereocenters. The SMILES string of the molecule is COC(=O)C(C)CSCc1nc2ccccn2c1[N+](=O)[O-]. The molecule has 0 fully saturated rings. The number of carbonyl (C=O) groups excluding carboxylic acids is 1. The van der Waals surface area contributed by atoms with E-state index < -0.39 is 4.92 Å². The van der Waals surface area contributed by atoms with E-state index >= 15 is 0 Å². The van der Waals surface area contributed by atoms with Crippen LogP contribution in [0.25, 0.3) is 5.65 Å². The molecule has 0 spiro atoms. The van der Waals surface area contributed by atoms with Crippen LogP contribution >= 0.6 is 11.8 Å². The van der Waals surface area contributed by atoms with Crippen LogP contribution in [0, 0.1) is 16.0 Å². The van der Waals surface area contributed by atoms with Gasteiger partial charge in [-0.1, -0.05) is 13.0 Å². The minimum Gasteiger partial charge on any atom is -0.469 e. The van der Waals surface area contributed by atoms with Crippen molar-refractivity contribution in [3.63, 3.8) is 0 Å². The second-order valence-electron chi connectivity index (χ2n) is 4.51. The molecule has 21 heavy (non-hydrogen) atoms. The molecule has 2 aromatic rings. The molecule has 0 aliphatic rings. The fraction of sp³-hybridized carbons (Fsp3) is 0.385. The monoisotopic (exact) mass is 309 g/mol. The molecule has 0 saturated carbocycles. The Bertz CT molecular complexity index is 670. The minimum absolute atomic E-state index is 0.0242. The van der Waals surface area contributed by atoms with Gasteiger partial charge in [-0.2, -0.15) is 16.2 Å². The largest absolute Gasteiger partial charge is 0.469 e. The average Bonchev–Trinajstić information content (AvgIpc) is 2.84. The van der Waals surface area contributed by atoms with Crippen LogP contribution in [0.5, 0.6) is 0 Å². The number of nitrogens with zero attached hydrogens (tertiary/aromatic N) is 3. The Morgan fingerprint density at radius 1 is 1.57 bits per heavy atom. The molecule has 0 N–H and O–H groups in total. The highest BCUT2D eigenvalue weighted by Gasteiger charge is 2.22. The lowest BCUT2D eigenvalue weighted by molar-refractivity contribution is -0.391. The molecule has 0 aliphatic carbocycles. The van der Waals surface area contributed by atoms with Crippen LogP contribution in [0.1, 0.15) is 12.6 Å². The number of carbonyl (C=O) groups is 1. The number of thioether (sulfide) groups is 1. The summed E-state index contributed by atoms with van der Waals surface area (Å²) >= 11 is 1.42. The highest BCUT2D eigenvalue weighted by atomic mass is 32.2. The van der Waals surface area contributed by atoms with Crippen LogP contribution in [0.2, 0.25) is 0 Å². The Kier molecular flexibility index (Phi) is 4.79. The van der Waals surface area contributed by atoms with Gasteiger partial charge in [-0.3, -0.25) is 4.79 Å². The highest BCUT2D eigenvalue weighted by molar-refractivity contribution is 7.98. The first-order chi connectivity index (χ1) is 10.0. The lowest BCUT2D eigenvalue weighted by atomic mass is 10.2. The number of fused-ring (bicyclic) bond motifs is 1. The van der Waals surface area contributed by atoms with Crippen LogP contribution in [-0.4, -0.2) is 33.1 Å². The van der Waals surface area contributed by atoms with E-state index in [0.29, 0.717) is 22.8 Å². The maximum absolute atomic E-state index is 11.3. The second-order valence-corrected chi connectivity index (χ2v) is 5.54. The normalized spacial score (nSPS) is 12.3. The quantitative estimate of drug-likeness (QED) is 0.462. The second kappa shape index (κ2) is 6.57. The smallest absolute Gasteiger partial charge is 0.351 e. The van der Waals surface area contributed by atoms with Crippen LogP contribution in [0.3, 0.4) is 0 Å². The molecule has 0 amide bonds. The van der Waals surface area contributed by atoms with Crippen molar-refractivity contribution in [2.45, 2.75) is 12.7 Å². The van der Waals surface area contributed by atoms with Crippen LogP contribution in [0.4, 0.5) is 5.82 Å². The molecule has 2 heterocycles. The first-order valence-corrected chi connectivity index (χ1v) is 7.46. The number of hydrogen-bond acceptors (Lipinski definition) is 6. The van der Waals surface area contributed by atoms with Crippen LogP contribution < -0.4 is 0 Å². The summed E-state index contributed by atoms with van der Waals surface area (Å²) in [4.78, 5) is 26.4. The van der Waals surface area contributed by atoms with E-state index in [4.69, 9.17) is 0 Å². The molecule has 0 saturated heterocycles. The molecule has 0 bridgehead atoms. The number of hydrogen-bond donors (Lipinski definition) is 0. The molecule has 2 rings (SSSR count). The summed E-state index contributed by atoms with van der Waals surface area (Å²) in [5.74, 6) is 0.337. The van der Waals surface area contributed by atoms with Crippen molar-refractivity contribution in [1.82, 2.24) is 9.38 Å². The third-order valence-electron chi connectivity index (χ3n) is 2.96. The van der Waals surface area contributed by atoms with E-state index in [0.717, 1.165) is 0 Å². The first-order valence-electron chi connectivity index (χ1n) is 6.30. The number of pyridine rings is 1. The number of methoxy groups -OCH3 is 1. The molecule has 112 valence electrons. The Labute approximate surface area is 125 Å². The van der Waals surface area contributed by atoms with Crippen molar-refractivity contribution >= 4 is 29.2 Å². The van der Waals surface area contributed by atoms with Gasteiger partial charge in [-0.15, -0.1) is 0 Å². The fourth-order valence-electron chi connectivity index (χ4n) is 1.92. The Morgan fingerprint density at radius 3 is 3.00 bits per heavy atom. The van der Waals surface area contributed by atoms with Crippen molar-refractivity contribution in [3.8, 4) is 0 Å². The molecule has 1 unspecified atom stereocenters. The van der Waals surface area contributed by atoms with Crippen molar-refractivity contribution in [2.75, 3.05) is 12.9 Å². The highest BCUT2D eigenvalue weighted by Crippen LogP contribution is 2.25. The van der Waals surface area contributed by atoms with Crippen molar-refractivity contribution in [2.24, 2.45) is 5.92 Å². The number of imidazole rings is 1. The van der Waals surface area contributed by atoms with Gasteiger partial charge in [0, 0.05) is 17.6 Å². The summed E-state index contributed by atoms with van der Waals surface area (Å²) in [6.45, 7) is 1.76. The van der Waals surface area contributed by atoms with Crippen molar-refractivity contribution in [1.29, 1.82) is 0 Å². The summed E-state index contributed by atoms with van der Waals surface area (Å²) in [7, 11) is 1.34. The van der Waals surface area contributed by atoms with E-state index in [1.165, 1.54) is 23.3 Å². The van der Waals surface area contributed by atoms with Gasteiger partial charge in [0.15, 0.2) is 0 Å². The van der Waals surface area contributed by atoms with E-state index in [9.17, 15) is 14.9 Å². The van der Waals surface area contributed by atoms with Gasteiger partial charge < -0.3 is 14.9 Å². The number of ether oxygens (including phenoxy) is 1. The summed E-state index contributed by atoms with van der Waals surface area (Å²) in [6, 6.07) is 5.22. The van der Waals surface area contributed by atoms with Crippen LogP contribution in [-0.2, 0) is 15.3 Å². The lowest BCUT2D eigenvalue weighted by Crippen LogP contribution is -2.14. The maximum atomic E-state index is 11.3. The van der Waals surface area contributed by atoms with Gasteiger partial charge >= 0.3 is 11.8 Å². The third-order valence-corrected chi connectivity index (χ3v) is 4.17. The molecule has 2 aromatic heterocycles. The molecule has 7 nitrogen and oxygen atoms in total. The topological polar surface area (TPSA) is 86.7 Å². The lowest BCUT2D eigenvalue weighted by Gasteiger charge is -2.07. The fourth-order valence-corrected chi connectivity index (χ4v) is 2.92. The predicted molar refractivity (Wildman–Crippen MR) is 79.2 cm³/mol. The van der Waals surface area contributed by atoms with Crippen LogP contribution in [0.15, 0.2) is 24.4 Å². The van der Waals surface area contributed by atoms with Gasteiger partial charge in [0.1, 0.15) is 5.69 Å². The van der Waals surface area contributed by atoms with Gasteiger partial charge in [-0.05, 0) is 11.0 Å². The average molecular weight is 309 g/mol. The van der Waals surface area contributed by atoms with E-state index in [1.54, 1.807) is 31.3 Å². The number of rotatable bonds is 6. The van der Waals surface area contributed by atoms with E-state index in [1.807, 2.05) is 0 Å². The molecule has 0 aromatic carbocycles. The summed E-state index contributed by atoms with van der Waals surface area (Å²) in [6.07, 6.45) is 1.62. The molecule has 0 aliphatic heterocycles. The van der Waals surface area contributed by atoms with Crippen molar-refractivity contribution < 1.29 is 14.5 Å². The van der Waals surface area contributed by atoms with Gasteiger partial charge in [0.2, 0.25) is 5.65 Å². The zero-order valence-corrected chi connectivity index (χ0v) is 12.5. The third kappa shape index (κ3) is 3.33. The summed E-state index contributed by atoms with van der Waals surface area (Å²) in [5.41, 5.74) is 0.953. The predicted octanol–water partition coefficient (Wildman–Crippen LogP) is 2.28. The first kappa shape index (κ1) is 15.3. The zero-order valence-electron chi connectivity index (χ0n) is 11.7. The van der Waals surface area contributed by atoms with E-state index in [-0.39, 0.29) is 17.7 Å². The maximum Gasteiger partial charge on any atom is 0.351 e. The van der Waals surface area contributed by atoms with Crippen molar-refractivity contribution in [3.05, 3.63) is 40.2 Å². The summed E-state index contributed by atoms with van der Waals surface area (Å²) < 4.78 is 6.10. The Morgan fingerprint density at radius 2 is 2.33 bits per heavy atom. The minimum atomic E-state index is -0.431. The Hall–Kier alpha value is -2.09. The Balaban J connectivity index is 2.13. The molecule has 8 heteroatoms. The number of nitro groups is 1. The number of aromatic nitrogens is 2. The van der Waals surface area contributed by atoms with Gasteiger partial charge in [0.05, 0.1) is 19.2 Å².